The van der Waals surface area contributed by atoms with E-state index in [9.17, 15) is 9.18 Å². The first kappa shape index (κ1) is 16.4. The Morgan fingerprint density at radius 1 is 1.42 bits per heavy atom. The zero-order valence-electron chi connectivity index (χ0n) is 13.7. The molecular weight excluding hydrogens is 309 g/mol. The van der Waals surface area contributed by atoms with Crippen molar-refractivity contribution in [1.82, 2.24) is 20.4 Å². The van der Waals surface area contributed by atoms with Crippen LogP contribution in [0.1, 0.15) is 18.4 Å². The van der Waals surface area contributed by atoms with E-state index >= 15 is 0 Å². The minimum Gasteiger partial charge on any atom is -0.371 e. The van der Waals surface area contributed by atoms with E-state index in [0.717, 1.165) is 25.2 Å². The van der Waals surface area contributed by atoms with Gasteiger partial charge in [-0.1, -0.05) is 6.07 Å². The highest BCUT2D eigenvalue weighted by Crippen LogP contribution is 2.28. The third-order valence-corrected chi connectivity index (χ3v) is 4.54. The van der Waals surface area contributed by atoms with Crippen molar-refractivity contribution in [2.24, 2.45) is 0 Å². The molecule has 3 rings (SSSR count). The third kappa shape index (κ3) is 3.56. The Morgan fingerprint density at radius 3 is 2.83 bits per heavy atom. The van der Waals surface area contributed by atoms with Crippen LogP contribution in [0.3, 0.4) is 0 Å². The zero-order chi connectivity index (χ0) is 17.0. The van der Waals surface area contributed by atoms with Crippen LogP contribution in [0, 0.1) is 5.82 Å². The van der Waals surface area contributed by atoms with Gasteiger partial charge in [0.05, 0.1) is 6.20 Å². The predicted molar refractivity (Wildman–Crippen MR) is 89.9 cm³/mol. The van der Waals surface area contributed by atoms with Crippen molar-refractivity contribution in [2.45, 2.75) is 24.9 Å². The van der Waals surface area contributed by atoms with Gasteiger partial charge in [0.2, 0.25) is 5.91 Å². The molecule has 6 nitrogen and oxygen atoms in total. The topological polar surface area (TPSA) is 73.1 Å². The van der Waals surface area contributed by atoms with Gasteiger partial charge in [-0.3, -0.25) is 14.8 Å². The summed E-state index contributed by atoms with van der Waals surface area (Å²) >= 11 is 0. The minimum atomic E-state index is -0.713. The number of carbonyl (C=O) groups is 1. The molecule has 1 aliphatic heterocycles. The summed E-state index contributed by atoms with van der Waals surface area (Å²) < 4.78 is 13.4. The Kier molecular flexibility index (Phi) is 4.80. The molecule has 0 atom stereocenters. The molecule has 0 radical (unpaired) electrons. The standard InChI is InChI=1S/C17H22FN5O/c1-19-16(24)17(22-15-4-2-3-14(18)9-15)5-7-23(8-6-17)12-13-10-20-21-11-13/h2-4,9-11,22H,5-8,12H2,1H3,(H,19,24)(H,20,21). The van der Waals surface area contributed by atoms with E-state index < -0.39 is 5.54 Å². The molecule has 1 aromatic carbocycles. The number of nitrogens with zero attached hydrogens (tertiary/aromatic N) is 2. The number of likely N-dealkylation sites (N-methyl/N-ethyl adjacent to an activating group) is 1. The number of nitrogens with one attached hydrogen (secondary N) is 3. The molecule has 0 bridgehead atoms. The van der Waals surface area contributed by atoms with Crippen molar-refractivity contribution in [1.29, 1.82) is 0 Å². The summed E-state index contributed by atoms with van der Waals surface area (Å²) in [7, 11) is 1.63. The van der Waals surface area contributed by atoms with Crippen LogP contribution in [-0.2, 0) is 11.3 Å². The number of aromatic nitrogens is 2. The van der Waals surface area contributed by atoms with Gasteiger partial charge in [-0.2, -0.15) is 5.10 Å². The molecule has 2 heterocycles. The fourth-order valence-corrected chi connectivity index (χ4v) is 3.21. The van der Waals surface area contributed by atoms with E-state index in [1.165, 1.54) is 12.1 Å². The molecule has 1 aromatic heterocycles. The maximum Gasteiger partial charge on any atom is 0.245 e. The molecule has 0 unspecified atom stereocenters. The molecule has 1 fully saturated rings. The molecule has 0 aliphatic carbocycles. The lowest BCUT2D eigenvalue weighted by atomic mass is 9.86. The van der Waals surface area contributed by atoms with Crippen LogP contribution in [0.4, 0.5) is 10.1 Å². The quantitative estimate of drug-likeness (QED) is 0.780. The van der Waals surface area contributed by atoms with Crippen molar-refractivity contribution < 1.29 is 9.18 Å². The number of benzene rings is 1. The average Bonchev–Trinajstić information content (AvgIpc) is 3.09. The molecule has 24 heavy (non-hydrogen) atoms. The molecule has 1 aliphatic rings. The number of amides is 1. The van der Waals surface area contributed by atoms with Gasteiger partial charge in [0.15, 0.2) is 0 Å². The first-order valence-corrected chi connectivity index (χ1v) is 8.07. The summed E-state index contributed by atoms with van der Waals surface area (Å²) in [4.78, 5) is 14.8. The molecular formula is C17H22FN5O. The van der Waals surface area contributed by atoms with Crippen LogP contribution in [0.5, 0.6) is 0 Å². The van der Waals surface area contributed by atoms with Gasteiger partial charge in [0, 0.05) is 44.1 Å². The molecule has 1 saturated heterocycles. The summed E-state index contributed by atoms with van der Waals surface area (Å²) in [6.45, 7) is 2.36. The van der Waals surface area contributed by atoms with E-state index in [0.29, 0.717) is 18.5 Å². The monoisotopic (exact) mass is 331 g/mol. The summed E-state index contributed by atoms with van der Waals surface area (Å²) in [5.74, 6) is -0.376. The Morgan fingerprint density at radius 2 is 2.21 bits per heavy atom. The molecule has 7 heteroatoms. The second-order valence-electron chi connectivity index (χ2n) is 6.18. The second-order valence-corrected chi connectivity index (χ2v) is 6.18. The van der Waals surface area contributed by atoms with Gasteiger partial charge >= 0.3 is 0 Å². The molecule has 0 spiro atoms. The van der Waals surface area contributed by atoms with Gasteiger partial charge in [0.25, 0.3) is 0 Å². The van der Waals surface area contributed by atoms with Crippen molar-refractivity contribution >= 4 is 11.6 Å². The number of aromatic amines is 1. The van der Waals surface area contributed by atoms with Gasteiger partial charge in [-0.15, -0.1) is 0 Å². The molecule has 128 valence electrons. The first-order valence-electron chi connectivity index (χ1n) is 8.07. The average molecular weight is 331 g/mol. The number of anilines is 1. The number of piperidine rings is 1. The minimum absolute atomic E-state index is 0.0604. The Balaban J connectivity index is 1.70. The Hall–Kier alpha value is -2.41. The Labute approximate surface area is 140 Å². The lowest BCUT2D eigenvalue weighted by Gasteiger charge is -2.41. The highest BCUT2D eigenvalue weighted by molar-refractivity contribution is 5.89. The van der Waals surface area contributed by atoms with Crippen molar-refractivity contribution in [3.05, 3.63) is 48.0 Å². The van der Waals surface area contributed by atoms with E-state index in [1.807, 2.05) is 12.4 Å². The van der Waals surface area contributed by atoms with Crippen LogP contribution in [0.15, 0.2) is 36.7 Å². The van der Waals surface area contributed by atoms with Crippen molar-refractivity contribution in [3.8, 4) is 0 Å². The smallest absolute Gasteiger partial charge is 0.245 e. The highest BCUT2D eigenvalue weighted by atomic mass is 19.1. The summed E-state index contributed by atoms with van der Waals surface area (Å²) in [5.41, 5.74) is 1.04. The van der Waals surface area contributed by atoms with E-state index in [-0.39, 0.29) is 11.7 Å². The molecule has 1 amide bonds. The second kappa shape index (κ2) is 7.00. The lowest BCUT2D eigenvalue weighted by molar-refractivity contribution is -0.126. The summed E-state index contributed by atoms with van der Waals surface area (Å²) in [5, 5.41) is 12.8. The van der Waals surface area contributed by atoms with E-state index in [4.69, 9.17) is 0 Å². The maximum atomic E-state index is 13.4. The van der Waals surface area contributed by atoms with Gasteiger partial charge < -0.3 is 10.6 Å². The Bertz CT molecular complexity index is 680. The molecule has 0 saturated carbocycles. The number of likely N-dealkylation sites (tertiary alicyclic amines) is 1. The van der Waals surface area contributed by atoms with Crippen LogP contribution < -0.4 is 10.6 Å². The largest absolute Gasteiger partial charge is 0.371 e. The van der Waals surface area contributed by atoms with Crippen molar-refractivity contribution in [3.63, 3.8) is 0 Å². The van der Waals surface area contributed by atoms with Gasteiger partial charge in [-0.05, 0) is 31.0 Å². The number of H-pyrrole nitrogens is 1. The van der Waals surface area contributed by atoms with Gasteiger partial charge in [-0.25, -0.2) is 4.39 Å². The first-order chi connectivity index (χ1) is 11.6. The fraction of sp³-hybridized carbons (Fsp3) is 0.412. The number of rotatable bonds is 5. The number of halogens is 1. The molecule has 3 N–H and O–H groups in total. The normalized spacial score (nSPS) is 17.4. The summed E-state index contributed by atoms with van der Waals surface area (Å²) in [6.07, 6.45) is 5.00. The third-order valence-electron chi connectivity index (χ3n) is 4.54. The van der Waals surface area contributed by atoms with Crippen LogP contribution >= 0.6 is 0 Å². The predicted octanol–water partition coefficient (Wildman–Crippen LogP) is 1.74. The van der Waals surface area contributed by atoms with Crippen LogP contribution in [0.25, 0.3) is 0 Å². The van der Waals surface area contributed by atoms with Crippen LogP contribution in [0.2, 0.25) is 0 Å². The fourth-order valence-electron chi connectivity index (χ4n) is 3.21. The SMILES string of the molecule is CNC(=O)C1(Nc2cccc(F)c2)CCN(Cc2cn[nH]c2)CC1. The lowest BCUT2D eigenvalue weighted by Crippen LogP contribution is -2.57. The zero-order valence-corrected chi connectivity index (χ0v) is 13.7. The highest BCUT2D eigenvalue weighted by Gasteiger charge is 2.40. The number of carbonyl (C=O) groups excluding carboxylic acids is 1. The molecule has 2 aromatic rings. The van der Waals surface area contributed by atoms with E-state index in [1.54, 1.807) is 19.2 Å². The van der Waals surface area contributed by atoms with Gasteiger partial charge in [0.1, 0.15) is 11.4 Å². The van der Waals surface area contributed by atoms with E-state index in [2.05, 4.69) is 25.7 Å². The summed E-state index contributed by atoms with van der Waals surface area (Å²) in [6, 6.07) is 6.24. The number of hydrogen-bond acceptors (Lipinski definition) is 4. The van der Waals surface area contributed by atoms with Crippen molar-refractivity contribution in [2.75, 3.05) is 25.5 Å². The number of hydrogen-bond donors (Lipinski definition) is 3. The maximum absolute atomic E-state index is 13.4. The van der Waals surface area contributed by atoms with Crippen LogP contribution in [-0.4, -0.2) is 46.7 Å².